The molecule has 0 radical (unpaired) electrons. The number of hydrogen-bond donors (Lipinski definition) is 1. The predicted molar refractivity (Wildman–Crippen MR) is 58.2 cm³/mol. The van der Waals surface area contributed by atoms with E-state index in [1.54, 1.807) is 12.1 Å². The molecule has 4 heteroatoms. The fourth-order valence-electron chi connectivity index (χ4n) is 1.39. The fraction of sp³-hybridized carbons (Fsp3) is 0.182. The van der Waals surface area contributed by atoms with Crippen LogP contribution < -0.4 is 0 Å². The lowest BCUT2D eigenvalue weighted by molar-refractivity contribution is 0.281. The van der Waals surface area contributed by atoms with Gasteiger partial charge in [-0.25, -0.2) is 9.37 Å². The van der Waals surface area contributed by atoms with E-state index in [-0.39, 0.29) is 12.4 Å². The highest BCUT2D eigenvalue weighted by Crippen LogP contribution is 2.29. The highest BCUT2D eigenvalue weighted by molar-refractivity contribution is 7.15. The predicted octanol–water partition coefficient (Wildman–Crippen LogP) is 2.75. The van der Waals surface area contributed by atoms with Crippen LogP contribution in [0.2, 0.25) is 0 Å². The third-order valence-corrected chi connectivity index (χ3v) is 3.27. The summed E-state index contributed by atoms with van der Waals surface area (Å²) in [6.07, 6.45) is 0. The number of benzene rings is 1. The van der Waals surface area contributed by atoms with Crippen LogP contribution in [0.15, 0.2) is 24.3 Å². The minimum atomic E-state index is -0.247. The summed E-state index contributed by atoms with van der Waals surface area (Å²) in [6, 6.07) is 6.29. The normalized spacial score (nSPS) is 10.6. The fourth-order valence-corrected chi connectivity index (χ4v) is 2.32. The van der Waals surface area contributed by atoms with Gasteiger partial charge in [0.25, 0.3) is 0 Å². The maximum atomic E-state index is 12.7. The molecular formula is C11H10FNOS. The van der Waals surface area contributed by atoms with Crippen LogP contribution in [0.1, 0.15) is 10.7 Å². The maximum Gasteiger partial charge on any atom is 0.123 e. The Morgan fingerprint density at radius 3 is 2.53 bits per heavy atom. The molecule has 0 unspecified atom stereocenters. The molecule has 0 saturated carbocycles. The van der Waals surface area contributed by atoms with Crippen molar-refractivity contribution < 1.29 is 9.50 Å². The van der Waals surface area contributed by atoms with Crippen LogP contribution in [-0.2, 0) is 6.61 Å². The van der Waals surface area contributed by atoms with Gasteiger partial charge in [0.2, 0.25) is 0 Å². The molecule has 78 valence electrons. The SMILES string of the molecule is Cc1nc(CO)sc1-c1ccc(F)cc1. The van der Waals surface area contributed by atoms with Gasteiger partial charge < -0.3 is 5.11 Å². The second kappa shape index (κ2) is 4.08. The van der Waals surface area contributed by atoms with Crippen molar-refractivity contribution in [2.24, 2.45) is 0 Å². The maximum absolute atomic E-state index is 12.7. The molecule has 0 atom stereocenters. The van der Waals surface area contributed by atoms with Crippen LogP contribution in [0.4, 0.5) is 4.39 Å². The second-order valence-corrected chi connectivity index (χ2v) is 4.27. The highest BCUT2D eigenvalue weighted by atomic mass is 32.1. The molecule has 2 aromatic rings. The van der Waals surface area contributed by atoms with E-state index in [0.717, 1.165) is 16.1 Å². The van der Waals surface area contributed by atoms with Gasteiger partial charge in [0.05, 0.1) is 17.2 Å². The van der Waals surface area contributed by atoms with E-state index in [2.05, 4.69) is 4.98 Å². The zero-order valence-electron chi connectivity index (χ0n) is 8.20. The van der Waals surface area contributed by atoms with Crippen LogP contribution in [0.25, 0.3) is 10.4 Å². The summed E-state index contributed by atoms with van der Waals surface area (Å²) in [6.45, 7) is 1.83. The van der Waals surface area contributed by atoms with Crippen molar-refractivity contribution in [3.05, 3.63) is 40.8 Å². The van der Waals surface area contributed by atoms with Gasteiger partial charge in [-0.2, -0.15) is 0 Å². The number of nitrogens with zero attached hydrogens (tertiary/aromatic N) is 1. The summed E-state index contributed by atoms with van der Waals surface area (Å²) in [5.41, 5.74) is 1.81. The zero-order valence-corrected chi connectivity index (χ0v) is 9.01. The summed E-state index contributed by atoms with van der Waals surface area (Å²) < 4.78 is 12.7. The molecule has 0 aliphatic heterocycles. The van der Waals surface area contributed by atoms with E-state index in [4.69, 9.17) is 5.11 Å². The van der Waals surface area contributed by atoms with E-state index in [9.17, 15) is 4.39 Å². The molecule has 0 spiro atoms. The number of rotatable bonds is 2. The van der Waals surface area contributed by atoms with Crippen molar-refractivity contribution in [1.82, 2.24) is 4.98 Å². The van der Waals surface area contributed by atoms with Crippen molar-refractivity contribution in [3.8, 4) is 10.4 Å². The molecule has 1 heterocycles. The molecule has 0 saturated heterocycles. The average Bonchev–Trinajstić information content (AvgIpc) is 2.61. The van der Waals surface area contributed by atoms with Crippen LogP contribution in [0.3, 0.4) is 0 Å². The molecule has 0 bridgehead atoms. The first-order chi connectivity index (χ1) is 7.20. The highest BCUT2D eigenvalue weighted by Gasteiger charge is 2.08. The molecular weight excluding hydrogens is 213 g/mol. The van der Waals surface area contributed by atoms with Gasteiger partial charge in [-0.15, -0.1) is 11.3 Å². The van der Waals surface area contributed by atoms with Gasteiger partial charge in [0.15, 0.2) is 0 Å². The molecule has 1 aromatic heterocycles. The van der Waals surface area contributed by atoms with Gasteiger partial charge in [0.1, 0.15) is 10.8 Å². The standard InChI is InChI=1S/C11H10FNOS/c1-7-11(15-10(6-14)13-7)8-2-4-9(12)5-3-8/h2-5,14H,6H2,1H3. The number of thiazole rings is 1. The summed E-state index contributed by atoms with van der Waals surface area (Å²) in [4.78, 5) is 5.19. The quantitative estimate of drug-likeness (QED) is 0.849. The lowest BCUT2D eigenvalue weighted by Crippen LogP contribution is -1.80. The van der Waals surface area contributed by atoms with Crippen LogP contribution in [0.5, 0.6) is 0 Å². The minimum Gasteiger partial charge on any atom is -0.389 e. The lowest BCUT2D eigenvalue weighted by Gasteiger charge is -1.97. The van der Waals surface area contributed by atoms with Gasteiger partial charge in [-0.05, 0) is 24.6 Å². The van der Waals surface area contributed by atoms with Gasteiger partial charge in [-0.1, -0.05) is 12.1 Å². The van der Waals surface area contributed by atoms with Gasteiger partial charge in [0, 0.05) is 0 Å². The first kappa shape index (κ1) is 10.3. The lowest BCUT2D eigenvalue weighted by atomic mass is 10.1. The third-order valence-electron chi connectivity index (χ3n) is 2.08. The number of aryl methyl sites for hydroxylation is 1. The average molecular weight is 223 g/mol. The zero-order chi connectivity index (χ0) is 10.8. The molecule has 0 amide bonds. The number of halogens is 1. The summed E-state index contributed by atoms with van der Waals surface area (Å²) >= 11 is 1.43. The topological polar surface area (TPSA) is 33.1 Å². The molecule has 2 nitrogen and oxygen atoms in total. The minimum absolute atomic E-state index is 0.0489. The monoisotopic (exact) mass is 223 g/mol. The van der Waals surface area contributed by atoms with Crippen molar-refractivity contribution in [1.29, 1.82) is 0 Å². The largest absolute Gasteiger partial charge is 0.389 e. The van der Waals surface area contributed by atoms with Crippen LogP contribution in [0, 0.1) is 12.7 Å². The van der Waals surface area contributed by atoms with Crippen molar-refractivity contribution in [2.45, 2.75) is 13.5 Å². The van der Waals surface area contributed by atoms with Crippen LogP contribution in [-0.4, -0.2) is 10.1 Å². The first-order valence-electron chi connectivity index (χ1n) is 4.54. The van der Waals surface area contributed by atoms with Crippen LogP contribution >= 0.6 is 11.3 Å². The third kappa shape index (κ3) is 2.06. The van der Waals surface area contributed by atoms with Crippen molar-refractivity contribution in [2.75, 3.05) is 0 Å². The number of aliphatic hydroxyl groups excluding tert-OH is 1. The number of aliphatic hydroxyl groups is 1. The number of aromatic nitrogens is 1. The number of hydrogen-bond acceptors (Lipinski definition) is 3. The Balaban J connectivity index is 2.44. The second-order valence-electron chi connectivity index (χ2n) is 3.19. The molecule has 1 aromatic carbocycles. The van der Waals surface area contributed by atoms with E-state index in [1.807, 2.05) is 6.92 Å². The van der Waals surface area contributed by atoms with Gasteiger partial charge >= 0.3 is 0 Å². The van der Waals surface area contributed by atoms with E-state index in [0.29, 0.717) is 5.01 Å². The first-order valence-corrected chi connectivity index (χ1v) is 5.35. The Morgan fingerprint density at radius 2 is 2.00 bits per heavy atom. The summed E-state index contributed by atoms with van der Waals surface area (Å²) in [7, 11) is 0. The van der Waals surface area contributed by atoms with E-state index >= 15 is 0 Å². The Labute approximate surface area is 91.0 Å². The molecule has 0 fully saturated rings. The smallest absolute Gasteiger partial charge is 0.123 e. The molecule has 2 rings (SSSR count). The molecule has 15 heavy (non-hydrogen) atoms. The molecule has 0 aliphatic rings. The van der Waals surface area contributed by atoms with E-state index in [1.165, 1.54) is 23.5 Å². The van der Waals surface area contributed by atoms with Crippen molar-refractivity contribution >= 4 is 11.3 Å². The Hall–Kier alpha value is -1.26. The van der Waals surface area contributed by atoms with E-state index < -0.39 is 0 Å². The Bertz CT molecular complexity index is 464. The van der Waals surface area contributed by atoms with Crippen molar-refractivity contribution in [3.63, 3.8) is 0 Å². The Kier molecular flexibility index (Phi) is 2.79. The van der Waals surface area contributed by atoms with Gasteiger partial charge in [-0.3, -0.25) is 0 Å². The Morgan fingerprint density at radius 1 is 1.33 bits per heavy atom. The molecule has 1 N–H and O–H groups in total. The summed E-state index contributed by atoms with van der Waals surface area (Å²) in [5.74, 6) is -0.247. The molecule has 0 aliphatic carbocycles. The summed E-state index contributed by atoms with van der Waals surface area (Å²) in [5, 5.41) is 9.64.